The number of rotatable bonds is 6. The predicted octanol–water partition coefficient (Wildman–Crippen LogP) is 2.52. The van der Waals surface area contributed by atoms with Crippen molar-refractivity contribution >= 4 is 45.7 Å². The number of halogens is 1. The van der Waals surface area contributed by atoms with Crippen molar-refractivity contribution < 1.29 is 19.1 Å². The molecule has 2 aromatic heterocycles. The summed E-state index contributed by atoms with van der Waals surface area (Å²) >= 11 is 6.86. The number of nitrogens with one attached hydrogen (secondary N) is 1. The van der Waals surface area contributed by atoms with Crippen LogP contribution < -0.4 is 11.1 Å². The number of aryl methyl sites for hydroxylation is 1. The Kier molecular flexibility index (Phi) is 6.04. The first-order chi connectivity index (χ1) is 12.1. The summed E-state index contributed by atoms with van der Waals surface area (Å²) in [6.45, 7) is 6.61. The van der Waals surface area contributed by atoms with Crippen molar-refractivity contribution in [2.45, 2.75) is 40.3 Å². The lowest BCUT2D eigenvalue weighted by Crippen LogP contribution is -2.21. The number of aromatic nitrogens is 2. The summed E-state index contributed by atoms with van der Waals surface area (Å²) < 4.78 is 6.58. The van der Waals surface area contributed by atoms with Gasteiger partial charge in [0.1, 0.15) is 11.5 Å². The molecular weight excluding hydrogens is 380 g/mol. The van der Waals surface area contributed by atoms with Crippen LogP contribution in [0.2, 0.25) is 5.02 Å². The molecular formula is C16H19ClN4O4S. The minimum absolute atomic E-state index is 0.102. The molecule has 2 heterocycles. The normalized spacial score (nSPS) is 10.8. The number of nitrogens with two attached hydrogens (primary N) is 1. The number of amides is 2. The fraction of sp³-hybridized carbons (Fsp3) is 0.375. The Morgan fingerprint density at radius 3 is 2.54 bits per heavy atom. The largest absolute Gasteiger partial charge is 0.459 e. The molecule has 3 N–H and O–H groups in total. The third-order valence-electron chi connectivity index (χ3n) is 3.36. The Hall–Kier alpha value is -2.39. The van der Waals surface area contributed by atoms with Crippen LogP contribution in [0.25, 0.3) is 0 Å². The van der Waals surface area contributed by atoms with Gasteiger partial charge in [0.25, 0.3) is 5.91 Å². The van der Waals surface area contributed by atoms with Gasteiger partial charge in [-0.25, -0.2) is 4.79 Å². The Labute approximate surface area is 159 Å². The van der Waals surface area contributed by atoms with Gasteiger partial charge >= 0.3 is 5.97 Å². The first-order valence-electron chi connectivity index (χ1n) is 7.73. The average molecular weight is 399 g/mol. The molecule has 0 aliphatic rings. The molecule has 0 saturated carbocycles. The molecule has 140 valence electrons. The summed E-state index contributed by atoms with van der Waals surface area (Å²) in [6.07, 6.45) is 1.18. The van der Waals surface area contributed by atoms with Gasteiger partial charge in [0, 0.05) is 6.20 Å². The highest BCUT2D eigenvalue weighted by atomic mass is 35.5. The van der Waals surface area contributed by atoms with E-state index in [1.54, 1.807) is 27.7 Å². The number of carbonyl (C=O) groups is 3. The summed E-state index contributed by atoms with van der Waals surface area (Å²) in [5.41, 5.74) is 6.45. The van der Waals surface area contributed by atoms with Gasteiger partial charge in [-0.2, -0.15) is 5.10 Å². The number of thiophene rings is 1. The van der Waals surface area contributed by atoms with Crippen LogP contribution in [-0.4, -0.2) is 33.7 Å². The number of carbonyl (C=O) groups excluding carboxylic acids is 3. The zero-order valence-electron chi connectivity index (χ0n) is 14.8. The van der Waals surface area contributed by atoms with Gasteiger partial charge < -0.3 is 15.8 Å². The van der Waals surface area contributed by atoms with Gasteiger partial charge in [0.05, 0.1) is 27.3 Å². The van der Waals surface area contributed by atoms with Gasteiger partial charge in [0.2, 0.25) is 5.91 Å². The van der Waals surface area contributed by atoms with E-state index in [1.165, 1.54) is 10.9 Å². The van der Waals surface area contributed by atoms with Crippen molar-refractivity contribution in [3.8, 4) is 0 Å². The van der Waals surface area contributed by atoms with Crippen molar-refractivity contribution in [2.75, 3.05) is 5.32 Å². The second-order valence-corrected chi connectivity index (χ2v) is 7.31. The molecule has 0 aliphatic heterocycles. The van der Waals surface area contributed by atoms with Crippen molar-refractivity contribution in [3.05, 3.63) is 32.9 Å². The monoisotopic (exact) mass is 398 g/mol. The number of hydrogen-bond acceptors (Lipinski definition) is 6. The lowest BCUT2D eigenvalue weighted by Gasteiger charge is -2.10. The number of hydrogen-bond donors (Lipinski definition) is 2. The second-order valence-electron chi connectivity index (χ2n) is 5.89. The number of esters is 1. The molecule has 2 amide bonds. The Morgan fingerprint density at radius 2 is 2.04 bits per heavy atom. The first kappa shape index (κ1) is 19.9. The summed E-state index contributed by atoms with van der Waals surface area (Å²) in [5, 5.41) is 7.38. The van der Waals surface area contributed by atoms with Gasteiger partial charge in [-0.15, -0.1) is 11.3 Å². The van der Waals surface area contributed by atoms with Crippen LogP contribution in [-0.2, 0) is 16.1 Å². The summed E-state index contributed by atoms with van der Waals surface area (Å²) in [6, 6.07) is 0. The summed E-state index contributed by atoms with van der Waals surface area (Å²) in [5.74, 6) is -1.74. The third kappa shape index (κ3) is 4.41. The van der Waals surface area contributed by atoms with Crippen LogP contribution in [0.4, 0.5) is 5.00 Å². The maximum atomic E-state index is 12.4. The molecule has 10 heteroatoms. The Balaban J connectivity index is 2.29. The highest BCUT2D eigenvalue weighted by Crippen LogP contribution is 2.33. The second kappa shape index (κ2) is 7.88. The van der Waals surface area contributed by atoms with Gasteiger partial charge in [-0.3, -0.25) is 14.3 Å². The minimum atomic E-state index is -0.680. The lowest BCUT2D eigenvalue weighted by atomic mass is 10.1. The molecule has 2 aromatic rings. The van der Waals surface area contributed by atoms with E-state index in [4.69, 9.17) is 22.1 Å². The molecule has 0 unspecified atom stereocenters. The summed E-state index contributed by atoms with van der Waals surface area (Å²) in [4.78, 5) is 36.5. The van der Waals surface area contributed by atoms with Crippen molar-refractivity contribution in [3.63, 3.8) is 0 Å². The maximum absolute atomic E-state index is 12.4. The van der Waals surface area contributed by atoms with E-state index in [1.807, 2.05) is 0 Å². The smallest absolute Gasteiger partial charge is 0.341 e. The molecule has 0 aliphatic carbocycles. The first-order valence-corrected chi connectivity index (χ1v) is 8.93. The van der Waals surface area contributed by atoms with Gasteiger partial charge in [-0.1, -0.05) is 11.6 Å². The van der Waals surface area contributed by atoms with Crippen LogP contribution in [0.15, 0.2) is 6.20 Å². The molecule has 0 saturated heterocycles. The topological polar surface area (TPSA) is 116 Å². The van der Waals surface area contributed by atoms with E-state index in [9.17, 15) is 14.4 Å². The summed E-state index contributed by atoms with van der Waals surface area (Å²) in [7, 11) is 0. The number of nitrogens with zero attached hydrogens (tertiary/aromatic N) is 2. The van der Waals surface area contributed by atoms with Crippen molar-refractivity contribution in [2.24, 2.45) is 5.73 Å². The molecule has 0 bridgehead atoms. The number of primary amides is 1. The maximum Gasteiger partial charge on any atom is 0.341 e. The highest BCUT2D eigenvalue weighted by Gasteiger charge is 2.26. The quantitative estimate of drug-likeness (QED) is 0.725. The molecule has 0 radical (unpaired) electrons. The van der Waals surface area contributed by atoms with E-state index >= 15 is 0 Å². The highest BCUT2D eigenvalue weighted by molar-refractivity contribution is 7.18. The zero-order valence-corrected chi connectivity index (χ0v) is 16.3. The standard InChI is InChI=1S/C16H19ClN4O4S/c1-7(2)25-16(24)12-8(3)13(14(18)23)26-15(12)19-11(22)6-21-5-10(17)9(4)20-21/h5,7H,6H2,1-4H3,(H2,18,23)(H,19,22). The molecule has 0 atom stereocenters. The van der Waals surface area contributed by atoms with E-state index in [2.05, 4.69) is 10.4 Å². The van der Waals surface area contributed by atoms with Crippen LogP contribution >= 0.6 is 22.9 Å². The molecule has 0 spiro atoms. The van der Waals surface area contributed by atoms with E-state index < -0.39 is 17.8 Å². The number of anilines is 1. The zero-order chi connectivity index (χ0) is 19.6. The van der Waals surface area contributed by atoms with Crippen LogP contribution in [0, 0.1) is 13.8 Å². The Bertz CT molecular complexity index is 852. The van der Waals surface area contributed by atoms with Gasteiger partial charge in [0.15, 0.2) is 0 Å². The molecule has 2 rings (SSSR count). The van der Waals surface area contributed by atoms with Crippen LogP contribution in [0.5, 0.6) is 0 Å². The lowest BCUT2D eigenvalue weighted by molar-refractivity contribution is -0.116. The van der Waals surface area contributed by atoms with Crippen molar-refractivity contribution in [1.29, 1.82) is 0 Å². The fourth-order valence-corrected chi connectivity index (χ4v) is 3.46. The van der Waals surface area contributed by atoms with E-state index in [-0.39, 0.29) is 28.1 Å². The minimum Gasteiger partial charge on any atom is -0.459 e. The Morgan fingerprint density at radius 1 is 1.38 bits per heavy atom. The molecule has 0 aromatic carbocycles. The van der Waals surface area contributed by atoms with Gasteiger partial charge in [-0.05, 0) is 33.3 Å². The SMILES string of the molecule is Cc1nn(CC(=O)Nc2sc(C(N)=O)c(C)c2C(=O)OC(C)C)cc1Cl. The van der Waals surface area contributed by atoms with Crippen LogP contribution in [0.1, 0.15) is 45.1 Å². The molecule has 26 heavy (non-hydrogen) atoms. The number of ether oxygens (including phenoxy) is 1. The van der Waals surface area contributed by atoms with E-state index in [0.717, 1.165) is 11.3 Å². The third-order valence-corrected chi connectivity index (χ3v) is 4.96. The molecule has 8 nitrogen and oxygen atoms in total. The molecule has 0 fully saturated rings. The fourth-order valence-electron chi connectivity index (χ4n) is 2.24. The van der Waals surface area contributed by atoms with E-state index in [0.29, 0.717) is 16.3 Å². The van der Waals surface area contributed by atoms with Crippen LogP contribution in [0.3, 0.4) is 0 Å². The average Bonchev–Trinajstić information content (AvgIpc) is 2.98. The predicted molar refractivity (Wildman–Crippen MR) is 98.7 cm³/mol. The van der Waals surface area contributed by atoms with Crippen molar-refractivity contribution in [1.82, 2.24) is 9.78 Å².